The van der Waals surface area contributed by atoms with Crippen LogP contribution in [0.3, 0.4) is 0 Å². The van der Waals surface area contributed by atoms with Crippen molar-refractivity contribution < 1.29 is 9.47 Å². The summed E-state index contributed by atoms with van der Waals surface area (Å²) in [5.41, 5.74) is 1.19. The van der Waals surface area contributed by atoms with Gasteiger partial charge in [0, 0.05) is 17.2 Å². The molecule has 1 N–H and O–H groups in total. The summed E-state index contributed by atoms with van der Waals surface area (Å²) in [6.45, 7) is 6.14. The molecule has 2 rings (SSSR count). The van der Waals surface area contributed by atoms with Crippen molar-refractivity contribution in [2.45, 2.75) is 4.90 Å². The summed E-state index contributed by atoms with van der Waals surface area (Å²) in [5, 5.41) is 3.10. The van der Waals surface area contributed by atoms with Gasteiger partial charge in [0.25, 0.3) is 0 Å². The van der Waals surface area contributed by atoms with Gasteiger partial charge in [0.1, 0.15) is 13.2 Å². The number of fused-ring (bicyclic) bond motifs is 1. The molecule has 0 amide bonds. The number of hydrogen-bond acceptors (Lipinski definition) is 4. The third kappa shape index (κ3) is 3.41. The summed E-state index contributed by atoms with van der Waals surface area (Å²) in [6, 6.07) is 6.06. The number of likely N-dealkylation sites (N-methyl/N-ethyl adjacent to an activating group) is 1. The van der Waals surface area contributed by atoms with E-state index in [0.29, 0.717) is 13.2 Å². The van der Waals surface area contributed by atoms with Crippen molar-refractivity contribution in [2.75, 3.05) is 32.6 Å². The van der Waals surface area contributed by atoms with Crippen LogP contribution in [0, 0.1) is 0 Å². The molecule has 1 aliphatic rings. The Balaban J connectivity index is 1.95. The fourth-order valence-electron chi connectivity index (χ4n) is 1.60. The molecule has 0 radical (unpaired) electrons. The highest BCUT2D eigenvalue weighted by Crippen LogP contribution is 2.34. The molecular formula is C13H17NO2S. The molecule has 0 saturated carbocycles. The summed E-state index contributed by atoms with van der Waals surface area (Å²) < 4.78 is 11.0. The number of nitrogens with one attached hydrogen (secondary N) is 1. The van der Waals surface area contributed by atoms with E-state index in [1.165, 1.54) is 10.5 Å². The van der Waals surface area contributed by atoms with E-state index in [0.717, 1.165) is 23.8 Å². The van der Waals surface area contributed by atoms with Crippen molar-refractivity contribution in [1.29, 1.82) is 0 Å². The van der Waals surface area contributed by atoms with Crippen molar-refractivity contribution in [3.8, 4) is 11.5 Å². The number of benzene rings is 1. The Morgan fingerprint density at radius 2 is 2.12 bits per heavy atom. The lowest BCUT2D eigenvalue weighted by molar-refractivity contribution is 0.171. The fraction of sp³-hybridized carbons (Fsp3) is 0.385. The van der Waals surface area contributed by atoms with Crippen LogP contribution in [0.4, 0.5) is 0 Å². The molecule has 0 spiro atoms. The highest BCUT2D eigenvalue weighted by atomic mass is 32.2. The van der Waals surface area contributed by atoms with E-state index in [1.807, 2.05) is 19.2 Å². The normalized spacial score (nSPS) is 13.5. The number of thioether (sulfide) groups is 1. The number of ether oxygens (including phenoxy) is 2. The maximum Gasteiger partial charge on any atom is 0.162 e. The molecule has 0 saturated heterocycles. The zero-order valence-electron chi connectivity index (χ0n) is 9.99. The average molecular weight is 251 g/mol. The molecule has 0 bridgehead atoms. The molecular weight excluding hydrogens is 234 g/mol. The van der Waals surface area contributed by atoms with Gasteiger partial charge in [-0.15, -0.1) is 11.8 Å². The van der Waals surface area contributed by atoms with Gasteiger partial charge in [0.05, 0.1) is 0 Å². The highest BCUT2D eigenvalue weighted by molar-refractivity contribution is 7.99. The van der Waals surface area contributed by atoms with Crippen molar-refractivity contribution in [3.05, 3.63) is 30.4 Å². The van der Waals surface area contributed by atoms with Crippen molar-refractivity contribution in [1.82, 2.24) is 5.32 Å². The smallest absolute Gasteiger partial charge is 0.162 e. The van der Waals surface area contributed by atoms with E-state index in [4.69, 9.17) is 9.47 Å². The zero-order valence-corrected chi connectivity index (χ0v) is 10.8. The van der Waals surface area contributed by atoms with E-state index in [-0.39, 0.29) is 0 Å². The Morgan fingerprint density at radius 1 is 1.35 bits per heavy atom. The molecule has 3 nitrogen and oxygen atoms in total. The Labute approximate surface area is 106 Å². The molecule has 17 heavy (non-hydrogen) atoms. The predicted molar refractivity (Wildman–Crippen MR) is 71.2 cm³/mol. The van der Waals surface area contributed by atoms with Crippen molar-refractivity contribution >= 4 is 11.8 Å². The van der Waals surface area contributed by atoms with Crippen molar-refractivity contribution in [2.24, 2.45) is 0 Å². The van der Waals surface area contributed by atoms with Crippen LogP contribution in [0.2, 0.25) is 0 Å². The molecule has 0 aliphatic carbocycles. The second-order valence-corrected chi connectivity index (χ2v) is 4.92. The van der Waals surface area contributed by atoms with Gasteiger partial charge in [-0.05, 0) is 25.2 Å². The minimum absolute atomic E-state index is 0.633. The van der Waals surface area contributed by atoms with E-state index in [1.54, 1.807) is 11.8 Å². The van der Waals surface area contributed by atoms with Crippen LogP contribution in [0.1, 0.15) is 0 Å². The lowest BCUT2D eigenvalue weighted by Gasteiger charge is -2.18. The van der Waals surface area contributed by atoms with Gasteiger partial charge in [-0.2, -0.15) is 0 Å². The molecule has 1 heterocycles. The van der Waals surface area contributed by atoms with Crippen LogP contribution in [-0.4, -0.2) is 32.6 Å². The zero-order chi connectivity index (χ0) is 12.1. The predicted octanol–water partition coefficient (Wildman–Crippen LogP) is 2.33. The largest absolute Gasteiger partial charge is 0.486 e. The molecule has 1 aromatic carbocycles. The molecule has 4 heteroatoms. The Bertz CT molecular complexity index is 406. The molecule has 0 aromatic heterocycles. The van der Waals surface area contributed by atoms with Gasteiger partial charge in [0.2, 0.25) is 0 Å². The van der Waals surface area contributed by atoms with Crippen LogP contribution in [0.15, 0.2) is 35.2 Å². The SMILES string of the molecule is C=C(CNC)CSc1ccc2c(c1)OCCO2. The summed E-state index contributed by atoms with van der Waals surface area (Å²) in [6.07, 6.45) is 0. The molecule has 1 aromatic rings. The Morgan fingerprint density at radius 3 is 2.88 bits per heavy atom. The first-order valence-corrected chi connectivity index (χ1v) is 6.62. The third-order valence-electron chi connectivity index (χ3n) is 2.38. The maximum atomic E-state index is 5.55. The van der Waals surface area contributed by atoms with Gasteiger partial charge in [-0.25, -0.2) is 0 Å². The fourth-order valence-corrected chi connectivity index (χ4v) is 2.43. The first-order chi connectivity index (χ1) is 8.29. The minimum Gasteiger partial charge on any atom is -0.486 e. The first kappa shape index (κ1) is 12.3. The van der Waals surface area contributed by atoms with Gasteiger partial charge in [-0.1, -0.05) is 12.2 Å². The van der Waals surface area contributed by atoms with E-state index in [2.05, 4.69) is 18.0 Å². The summed E-state index contributed by atoms with van der Waals surface area (Å²) in [5.74, 6) is 2.61. The van der Waals surface area contributed by atoms with Crippen LogP contribution >= 0.6 is 11.8 Å². The topological polar surface area (TPSA) is 30.5 Å². The number of hydrogen-bond donors (Lipinski definition) is 1. The van der Waals surface area contributed by atoms with E-state index in [9.17, 15) is 0 Å². The molecule has 0 atom stereocenters. The van der Waals surface area contributed by atoms with Crippen LogP contribution in [0.25, 0.3) is 0 Å². The first-order valence-electron chi connectivity index (χ1n) is 5.63. The molecule has 0 fully saturated rings. The van der Waals surface area contributed by atoms with Gasteiger partial charge < -0.3 is 14.8 Å². The molecule has 92 valence electrons. The molecule has 1 aliphatic heterocycles. The quantitative estimate of drug-likeness (QED) is 0.642. The second kappa shape index (κ2) is 5.98. The standard InChI is InChI=1S/C13H17NO2S/c1-10(8-14-2)9-17-11-3-4-12-13(7-11)16-6-5-15-12/h3-4,7,14H,1,5-6,8-9H2,2H3. The van der Waals surface area contributed by atoms with Crippen LogP contribution in [-0.2, 0) is 0 Å². The Kier molecular flexibility index (Phi) is 4.34. The maximum absolute atomic E-state index is 5.55. The van der Waals surface area contributed by atoms with E-state index >= 15 is 0 Å². The van der Waals surface area contributed by atoms with Gasteiger partial charge in [-0.3, -0.25) is 0 Å². The van der Waals surface area contributed by atoms with Crippen LogP contribution < -0.4 is 14.8 Å². The Hall–Kier alpha value is -1.13. The lowest BCUT2D eigenvalue weighted by Crippen LogP contribution is -2.15. The minimum atomic E-state index is 0.633. The average Bonchev–Trinajstić information content (AvgIpc) is 2.36. The van der Waals surface area contributed by atoms with E-state index < -0.39 is 0 Å². The van der Waals surface area contributed by atoms with Crippen molar-refractivity contribution in [3.63, 3.8) is 0 Å². The monoisotopic (exact) mass is 251 g/mol. The summed E-state index contributed by atoms with van der Waals surface area (Å²) >= 11 is 1.77. The van der Waals surface area contributed by atoms with Gasteiger partial charge >= 0.3 is 0 Å². The van der Waals surface area contributed by atoms with Gasteiger partial charge in [0.15, 0.2) is 11.5 Å². The highest BCUT2D eigenvalue weighted by Gasteiger charge is 2.11. The lowest BCUT2D eigenvalue weighted by atomic mass is 10.3. The third-order valence-corrected chi connectivity index (χ3v) is 3.52. The second-order valence-electron chi connectivity index (χ2n) is 3.87. The molecule has 0 unspecified atom stereocenters. The number of rotatable bonds is 5. The summed E-state index contributed by atoms with van der Waals surface area (Å²) in [7, 11) is 1.93. The van der Waals surface area contributed by atoms with Crippen LogP contribution in [0.5, 0.6) is 11.5 Å². The summed E-state index contributed by atoms with van der Waals surface area (Å²) in [4.78, 5) is 1.19.